The van der Waals surface area contributed by atoms with Crippen molar-refractivity contribution in [3.05, 3.63) is 35.1 Å². The van der Waals surface area contributed by atoms with Crippen molar-refractivity contribution in [3.63, 3.8) is 0 Å². The molecular weight excluding hydrogens is 249 g/mol. The fourth-order valence-electron chi connectivity index (χ4n) is 2.32. The maximum atomic E-state index is 13.2. The van der Waals surface area contributed by atoms with Crippen molar-refractivity contribution in [1.82, 2.24) is 4.90 Å². The van der Waals surface area contributed by atoms with E-state index in [4.69, 9.17) is 5.11 Å². The summed E-state index contributed by atoms with van der Waals surface area (Å²) in [5.41, 5.74) is 0.822. The molecule has 1 aliphatic rings. The van der Waals surface area contributed by atoms with Gasteiger partial charge in [-0.15, -0.1) is 0 Å². The minimum absolute atomic E-state index is 0.227. The quantitative estimate of drug-likeness (QED) is 0.890. The minimum Gasteiger partial charge on any atom is -0.481 e. The van der Waals surface area contributed by atoms with Crippen LogP contribution in [0.25, 0.3) is 0 Å². The lowest BCUT2D eigenvalue weighted by Crippen LogP contribution is -2.42. The van der Waals surface area contributed by atoms with E-state index in [0.29, 0.717) is 30.5 Å². The Kier molecular flexibility index (Phi) is 3.83. The van der Waals surface area contributed by atoms with Crippen LogP contribution in [-0.2, 0) is 4.79 Å². The predicted octanol–water partition coefficient (Wildman–Crippen LogP) is 2.07. The fraction of sp³-hybridized carbons (Fsp3) is 0.429. The van der Waals surface area contributed by atoms with Crippen molar-refractivity contribution in [2.45, 2.75) is 19.8 Å². The van der Waals surface area contributed by atoms with E-state index in [0.717, 1.165) is 0 Å². The number of piperidine rings is 1. The van der Waals surface area contributed by atoms with Gasteiger partial charge in [-0.3, -0.25) is 9.59 Å². The summed E-state index contributed by atoms with van der Waals surface area (Å²) in [5.74, 6) is -1.94. The molecule has 0 radical (unpaired) electrons. The van der Waals surface area contributed by atoms with Gasteiger partial charge in [-0.25, -0.2) is 4.39 Å². The van der Waals surface area contributed by atoms with Gasteiger partial charge in [0.15, 0.2) is 0 Å². The lowest BCUT2D eigenvalue weighted by Gasteiger charge is -2.30. The first kappa shape index (κ1) is 13.5. The Morgan fingerprint density at radius 1 is 1.42 bits per heavy atom. The van der Waals surface area contributed by atoms with Crippen LogP contribution in [0, 0.1) is 18.7 Å². The van der Waals surface area contributed by atoms with Crippen LogP contribution in [0.15, 0.2) is 18.2 Å². The van der Waals surface area contributed by atoms with Crippen molar-refractivity contribution in [2.75, 3.05) is 13.1 Å². The van der Waals surface area contributed by atoms with Crippen LogP contribution in [0.3, 0.4) is 0 Å². The summed E-state index contributed by atoms with van der Waals surface area (Å²) >= 11 is 0. The first-order chi connectivity index (χ1) is 8.99. The van der Waals surface area contributed by atoms with E-state index < -0.39 is 11.9 Å². The zero-order valence-electron chi connectivity index (χ0n) is 10.7. The molecule has 0 aromatic heterocycles. The van der Waals surface area contributed by atoms with E-state index in [1.165, 1.54) is 23.1 Å². The zero-order chi connectivity index (χ0) is 14.0. The Labute approximate surface area is 110 Å². The van der Waals surface area contributed by atoms with Crippen LogP contribution < -0.4 is 0 Å². The first-order valence-electron chi connectivity index (χ1n) is 6.27. The molecule has 1 aliphatic heterocycles. The first-order valence-corrected chi connectivity index (χ1v) is 6.27. The monoisotopic (exact) mass is 265 g/mol. The molecule has 1 heterocycles. The van der Waals surface area contributed by atoms with Crippen LogP contribution in [0.5, 0.6) is 0 Å². The third kappa shape index (κ3) is 2.92. The molecule has 1 amide bonds. The number of carbonyl (C=O) groups is 2. The lowest BCUT2D eigenvalue weighted by molar-refractivity contribution is -0.143. The Bertz CT molecular complexity index is 515. The minimum atomic E-state index is -0.868. The lowest BCUT2D eigenvalue weighted by atomic mass is 9.97. The van der Waals surface area contributed by atoms with Gasteiger partial charge in [-0.2, -0.15) is 0 Å². The number of amides is 1. The van der Waals surface area contributed by atoms with Gasteiger partial charge in [0, 0.05) is 18.7 Å². The molecule has 2 rings (SSSR count). The number of carbonyl (C=O) groups excluding carboxylic acids is 1. The summed E-state index contributed by atoms with van der Waals surface area (Å²) in [5, 5.41) is 9.00. The van der Waals surface area contributed by atoms with Crippen LogP contribution in [0.1, 0.15) is 28.8 Å². The Hall–Kier alpha value is -1.91. The number of hydrogen-bond acceptors (Lipinski definition) is 2. The standard InChI is InChI=1S/C14H16FNO3/c1-9-7-10(4-5-12(9)15)13(17)16-6-2-3-11(8-16)14(18)19/h4-5,7,11H,2-3,6,8H2,1H3,(H,18,19). The summed E-state index contributed by atoms with van der Waals surface area (Å²) in [7, 11) is 0. The second kappa shape index (κ2) is 5.38. The van der Waals surface area contributed by atoms with E-state index in [9.17, 15) is 14.0 Å². The second-order valence-corrected chi connectivity index (χ2v) is 4.89. The molecule has 5 heteroatoms. The highest BCUT2D eigenvalue weighted by atomic mass is 19.1. The van der Waals surface area contributed by atoms with E-state index in [1.807, 2.05) is 0 Å². The number of hydrogen-bond donors (Lipinski definition) is 1. The number of benzene rings is 1. The van der Waals surface area contributed by atoms with Crippen molar-refractivity contribution >= 4 is 11.9 Å². The highest BCUT2D eigenvalue weighted by Gasteiger charge is 2.28. The zero-order valence-corrected chi connectivity index (χ0v) is 10.7. The average Bonchev–Trinajstić information content (AvgIpc) is 2.41. The summed E-state index contributed by atoms with van der Waals surface area (Å²) in [4.78, 5) is 24.7. The van der Waals surface area contributed by atoms with Gasteiger partial charge in [0.2, 0.25) is 0 Å². The van der Waals surface area contributed by atoms with E-state index in [2.05, 4.69) is 0 Å². The molecule has 0 aliphatic carbocycles. The van der Waals surface area contributed by atoms with Crippen molar-refractivity contribution in [3.8, 4) is 0 Å². The number of carboxylic acid groups (broad SMARTS) is 1. The van der Waals surface area contributed by atoms with Crippen molar-refractivity contribution in [1.29, 1.82) is 0 Å². The maximum absolute atomic E-state index is 13.2. The summed E-state index contributed by atoms with van der Waals surface area (Å²) in [6, 6.07) is 4.21. The Morgan fingerprint density at radius 2 is 2.16 bits per heavy atom. The van der Waals surface area contributed by atoms with Gasteiger partial charge in [-0.05, 0) is 43.5 Å². The van der Waals surface area contributed by atoms with Gasteiger partial charge in [0.25, 0.3) is 5.91 Å². The molecule has 19 heavy (non-hydrogen) atoms. The second-order valence-electron chi connectivity index (χ2n) is 4.89. The summed E-state index contributed by atoms with van der Waals surface area (Å²) < 4.78 is 13.2. The molecule has 0 spiro atoms. The number of rotatable bonds is 2. The average molecular weight is 265 g/mol. The Morgan fingerprint density at radius 3 is 2.79 bits per heavy atom. The van der Waals surface area contributed by atoms with Crippen molar-refractivity contribution in [2.24, 2.45) is 5.92 Å². The summed E-state index contributed by atoms with van der Waals surface area (Å²) in [6.07, 6.45) is 1.28. The highest BCUT2D eigenvalue weighted by Crippen LogP contribution is 2.19. The normalized spacial score (nSPS) is 19.3. The van der Waals surface area contributed by atoms with Gasteiger partial charge >= 0.3 is 5.97 Å². The maximum Gasteiger partial charge on any atom is 0.308 e. The molecule has 1 N–H and O–H groups in total. The third-order valence-corrected chi connectivity index (χ3v) is 3.46. The predicted molar refractivity (Wildman–Crippen MR) is 67.4 cm³/mol. The molecule has 1 atom stereocenters. The number of aryl methyl sites for hydroxylation is 1. The highest BCUT2D eigenvalue weighted by molar-refractivity contribution is 5.94. The SMILES string of the molecule is Cc1cc(C(=O)N2CCCC(C(=O)O)C2)ccc1F. The molecule has 0 bridgehead atoms. The number of halogens is 1. The number of likely N-dealkylation sites (tertiary alicyclic amines) is 1. The molecule has 102 valence electrons. The van der Waals surface area contributed by atoms with Crippen molar-refractivity contribution < 1.29 is 19.1 Å². The van der Waals surface area contributed by atoms with E-state index >= 15 is 0 Å². The van der Waals surface area contributed by atoms with Gasteiger partial charge in [-0.1, -0.05) is 0 Å². The largest absolute Gasteiger partial charge is 0.481 e. The van der Waals surface area contributed by atoms with Gasteiger partial charge < -0.3 is 10.0 Å². The Balaban J connectivity index is 2.14. The molecule has 1 aromatic rings. The fourth-order valence-corrected chi connectivity index (χ4v) is 2.32. The molecule has 4 nitrogen and oxygen atoms in total. The number of carboxylic acids is 1. The van der Waals surface area contributed by atoms with Gasteiger partial charge in [0.05, 0.1) is 5.92 Å². The van der Waals surface area contributed by atoms with Gasteiger partial charge in [0.1, 0.15) is 5.82 Å². The molecule has 1 saturated heterocycles. The molecule has 1 unspecified atom stereocenters. The summed E-state index contributed by atoms with van der Waals surface area (Å²) in [6.45, 7) is 2.38. The van der Waals surface area contributed by atoms with E-state index in [1.54, 1.807) is 6.92 Å². The van der Waals surface area contributed by atoms with E-state index in [-0.39, 0.29) is 18.3 Å². The number of aliphatic carboxylic acids is 1. The molecule has 1 fully saturated rings. The van der Waals surface area contributed by atoms with Crippen LogP contribution in [0.2, 0.25) is 0 Å². The molecular formula is C14H16FNO3. The number of nitrogens with zero attached hydrogens (tertiary/aromatic N) is 1. The molecule has 1 aromatic carbocycles. The van der Waals surface area contributed by atoms with Crippen LogP contribution in [-0.4, -0.2) is 35.0 Å². The van der Waals surface area contributed by atoms with Crippen LogP contribution in [0.4, 0.5) is 4.39 Å². The smallest absolute Gasteiger partial charge is 0.308 e. The molecule has 0 saturated carbocycles. The van der Waals surface area contributed by atoms with Crippen LogP contribution >= 0.6 is 0 Å². The topological polar surface area (TPSA) is 57.6 Å². The third-order valence-electron chi connectivity index (χ3n) is 3.46.